The number of hydrogen-bond acceptors (Lipinski definition) is 9. The third-order valence-corrected chi connectivity index (χ3v) is 5.82. The number of primary amides is 1. The molecule has 3 N–H and O–H groups in total. The van der Waals surface area contributed by atoms with E-state index in [0.29, 0.717) is 16.9 Å². The van der Waals surface area contributed by atoms with E-state index in [2.05, 4.69) is 24.0 Å². The second kappa shape index (κ2) is 8.43. The number of rotatable bonds is 7. The first-order valence-corrected chi connectivity index (χ1v) is 10.3. The number of amides is 2. The van der Waals surface area contributed by atoms with Gasteiger partial charge in [0.05, 0.1) is 27.6 Å². The summed E-state index contributed by atoms with van der Waals surface area (Å²) in [6.07, 6.45) is 3.29. The van der Waals surface area contributed by atoms with E-state index < -0.39 is 23.6 Å². The van der Waals surface area contributed by atoms with Crippen molar-refractivity contribution in [2.75, 3.05) is 0 Å². The summed E-state index contributed by atoms with van der Waals surface area (Å²) in [7, 11) is 0. The van der Waals surface area contributed by atoms with E-state index in [9.17, 15) is 14.4 Å². The molecule has 4 aromatic heterocycles. The molecule has 0 aliphatic heterocycles. The van der Waals surface area contributed by atoms with Crippen molar-refractivity contribution in [3.63, 3.8) is 0 Å². The van der Waals surface area contributed by atoms with Crippen LogP contribution in [-0.4, -0.2) is 42.4 Å². The summed E-state index contributed by atoms with van der Waals surface area (Å²) < 4.78 is 9.11. The molecule has 11 heteroatoms. The first kappa shape index (κ1) is 19.7. The van der Waals surface area contributed by atoms with Gasteiger partial charge in [-0.1, -0.05) is 6.07 Å². The van der Waals surface area contributed by atoms with Gasteiger partial charge in [-0.3, -0.25) is 24.4 Å². The summed E-state index contributed by atoms with van der Waals surface area (Å²) in [5.41, 5.74) is 7.44. The molecule has 0 aromatic carbocycles. The Balaban J connectivity index is 1.62. The van der Waals surface area contributed by atoms with Crippen LogP contribution in [0.2, 0.25) is 0 Å². The maximum atomic E-state index is 12.9. The van der Waals surface area contributed by atoms with Crippen molar-refractivity contribution in [2.24, 2.45) is 5.73 Å². The maximum Gasteiger partial charge on any atom is 0.287 e. The molecule has 0 spiro atoms. The summed E-state index contributed by atoms with van der Waals surface area (Å²) in [5.74, 6) is -2.67. The Morgan fingerprint density at radius 1 is 1.07 bits per heavy atom. The van der Waals surface area contributed by atoms with Gasteiger partial charge in [-0.25, -0.2) is 0 Å². The predicted octanol–water partition coefficient (Wildman–Crippen LogP) is 1.61. The van der Waals surface area contributed by atoms with Crippen molar-refractivity contribution < 1.29 is 14.4 Å². The molecule has 0 fully saturated rings. The quantitative estimate of drug-likeness (QED) is 0.418. The zero-order chi connectivity index (χ0) is 21.1. The monoisotopic (exact) mass is 438 g/mol. The average Bonchev–Trinajstić information content (AvgIpc) is 3.41. The van der Waals surface area contributed by atoms with E-state index in [0.717, 1.165) is 22.0 Å². The molecule has 2 amide bonds. The van der Waals surface area contributed by atoms with Gasteiger partial charge in [0.1, 0.15) is 11.7 Å². The SMILES string of the molecule is NC(=O)C(=O)C(Cc1csc2cccnc12)NC(=O)c1nsnc1-c1ccccn1. The zero-order valence-electron chi connectivity index (χ0n) is 15.3. The van der Waals surface area contributed by atoms with Crippen LogP contribution >= 0.6 is 23.1 Å². The highest BCUT2D eigenvalue weighted by Crippen LogP contribution is 2.25. The van der Waals surface area contributed by atoms with Crippen LogP contribution in [-0.2, 0) is 16.0 Å². The fraction of sp³-hybridized carbons (Fsp3) is 0.105. The third-order valence-electron chi connectivity index (χ3n) is 4.30. The lowest BCUT2D eigenvalue weighted by Gasteiger charge is -2.15. The second-order valence-electron chi connectivity index (χ2n) is 6.25. The Hall–Kier alpha value is -3.57. The van der Waals surface area contributed by atoms with Crippen molar-refractivity contribution in [1.82, 2.24) is 24.0 Å². The summed E-state index contributed by atoms with van der Waals surface area (Å²) >= 11 is 2.31. The Labute approximate surface area is 178 Å². The van der Waals surface area contributed by atoms with Crippen LogP contribution < -0.4 is 11.1 Å². The van der Waals surface area contributed by atoms with Gasteiger partial charge in [0.15, 0.2) is 5.69 Å². The third kappa shape index (κ3) is 3.93. The van der Waals surface area contributed by atoms with Crippen LogP contribution in [0, 0.1) is 0 Å². The number of pyridine rings is 2. The number of nitrogens with two attached hydrogens (primary N) is 1. The van der Waals surface area contributed by atoms with Crippen molar-refractivity contribution in [1.29, 1.82) is 0 Å². The van der Waals surface area contributed by atoms with Gasteiger partial charge in [-0.05, 0) is 35.2 Å². The lowest BCUT2D eigenvalue weighted by molar-refractivity contribution is -0.137. The Morgan fingerprint density at radius 3 is 2.67 bits per heavy atom. The number of nitrogens with one attached hydrogen (secondary N) is 1. The Kier molecular flexibility index (Phi) is 5.55. The normalized spacial score (nSPS) is 11.9. The van der Waals surface area contributed by atoms with Gasteiger partial charge in [0.25, 0.3) is 11.8 Å². The first-order chi connectivity index (χ1) is 14.5. The highest BCUT2D eigenvalue weighted by molar-refractivity contribution is 7.17. The first-order valence-electron chi connectivity index (χ1n) is 8.74. The second-order valence-corrected chi connectivity index (χ2v) is 7.69. The molecule has 150 valence electrons. The summed E-state index contributed by atoms with van der Waals surface area (Å²) in [5, 5.41) is 4.42. The number of carbonyl (C=O) groups is 3. The van der Waals surface area contributed by atoms with Crippen molar-refractivity contribution in [2.45, 2.75) is 12.5 Å². The van der Waals surface area contributed by atoms with Crippen molar-refractivity contribution >= 4 is 50.9 Å². The minimum Gasteiger partial charge on any atom is -0.363 e. The molecule has 4 aromatic rings. The maximum absolute atomic E-state index is 12.9. The van der Waals surface area contributed by atoms with Crippen molar-refractivity contribution in [3.8, 4) is 11.4 Å². The number of Topliss-reactive ketones (excluding diaryl/α,β-unsaturated/α-hetero) is 1. The minimum atomic E-state index is -1.16. The van der Waals surface area contributed by atoms with Crippen LogP contribution in [0.1, 0.15) is 16.1 Å². The van der Waals surface area contributed by atoms with Crippen molar-refractivity contribution in [3.05, 3.63) is 59.4 Å². The van der Waals surface area contributed by atoms with Crippen LogP contribution in [0.5, 0.6) is 0 Å². The molecule has 1 unspecified atom stereocenters. The Morgan fingerprint density at radius 2 is 1.90 bits per heavy atom. The molecule has 0 bridgehead atoms. The standard InChI is InChI=1S/C19H14N6O3S2/c20-18(27)17(26)12(8-10-9-29-13-5-3-7-22-14(10)13)23-19(28)16-15(24-30-25-16)11-4-1-2-6-21-11/h1-7,9,12H,8H2,(H2,20,27)(H,23,28). The number of carbonyl (C=O) groups excluding carboxylic acids is 3. The van der Waals surface area contributed by atoms with Crippen LogP contribution in [0.15, 0.2) is 48.1 Å². The summed E-state index contributed by atoms with van der Waals surface area (Å²) in [4.78, 5) is 45.4. The summed E-state index contributed by atoms with van der Waals surface area (Å²) in [6.45, 7) is 0. The smallest absolute Gasteiger partial charge is 0.287 e. The van der Waals surface area contributed by atoms with Crippen LogP contribution in [0.4, 0.5) is 0 Å². The van der Waals surface area contributed by atoms with E-state index in [-0.39, 0.29) is 12.1 Å². The molecule has 0 saturated carbocycles. The molecule has 0 aliphatic rings. The molecule has 9 nitrogen and oxygen atoms in total. The van der Waals surface area contributed by atoms with E-state index in [1.807, 2.05) is 17.5 Å². The van der Waals surface area contributed by atoms with Gasteiger partial charge >= 0.3 is 0 Å². The fourth-order valence-corrected chi connectivity index (χ4v) is 4.38. The van der Waals surface area contributed by atoms with E-state index >= 15 is 0 Å². The molecule has 0 saturated heterocycles. The molecule has 0 radical (unpaired) electrons. The number of hydrogen-bond donors (Lipinski definition) is 2. The number of nitrogens with zero attached hydrogens (tertiary/aromatic N) is 4. The fourth-order valence-electron chi connectivity index (χ4n) is 2.90. The number of thiophene rings is 1. The molecular weight excluding hydrogens is 424 g/mol. The van der Waals surface area contributed by atoms with Gasteiger partial charge in [-0.2, -0.15) is 8.75 Å². The van der Waals surface area contributed by atoms with Crippen LogP contribution in [0.25, 0.3) is 21.6 Å². The van der Waals surface area contributed by atoms with Gasteiger partial charge in [-0.15, -0.1) is 11.3 Å². The van der Waals surface area contributed by atoms with E-state index in [4.69, 9.17) is 5.73 Å². The molecule has 0 aliphatic carbocycles. The number of aromatic nitrogens is 4. The largest absolute Gasteiger partial charge is 0.363 e. The molecular formula is C19H14N6O3S2. The van der Waals surface area contributed by atoms with E-state index in [1.54, 1.807) is 30.6 Å². The van der Waals surface area contributed by atoms with Crippen LogP contribution in [0.3, 0.4) is 0 Å². The zero-order valence-corrected chi connectivity index (χ0v) is 16.9. The van der Waals surface area contributed by atoms with Gasteiger partial charge in [0, 0.05) is 18.8 Å². The summed E-state index contributed by atoms with van der Waals surface area (Å²) in [6, 6.07) is 7.75. The molecule has 1 atom stereocenters. The highest BCUT2D eigenvalue weighted by Gasteiger charge is 2.29. The lowest BCUT2D eigenvalue weighted by Crippen LogP contribution is -2.47. The van der Waals surface area contributed by atoms with Gasteiger partial charge in [0.2, 0.25) is 5.78 Å². The molecule has 30 heavy (non-hydrogen) atoms. The predicted molar refractivity (Wildman–Crippen MR) is 112 cm³/mol. The lowest BCUT2D eigenvalue weighted by atomic mass is 10.0. The van der Waals surface area contributed by atoms with Gasteiger partial charge < -0.3 is 11.1 Å². The molecule has 4 heterocycles. The minimum absolute atomic E-state index is 0.0225. The Bertz CT molecular complexity index is 1240. The number of fused-ring (bicyclic) bond motifs is 1. The topological polar surface area (TPSA) is 141 Å². The van der Waals surface area contributed by atoms with E-state index in [1.165, 1.54) is 11.3 Å². The highest BCUT2D eigenvalue weighted by atomic mass is 32.1. The number of ketones is 1. The molecule has 4 rings (SSSR count). The average molecular weight is 438 g/mol.